The number of imidazole rings is 1. The predicted molar refractivity (Wildman–Crippen MR) is 88.6 cm³/mol. The second-order valence-electron chi connectivity index (χ2n) is 5.62. The molecule has 1 aromatic carbocycles. The minimum atomic E-state index is -1.15. The van der Waals surface area contributed by atoms with E-state index in [0.29, 0.717) is 12.1 Å². The Kier molecular flexibility index (Phi) is 4.40. The van der Waals surface area contributed by atoms with Crippen molar-refractivity contribution < 1.29 is 24.3 Å². The first-order valence-electron chi connectivity index (χ1n) is 7.66. The molecule has 0 atom stereocenters. The lowest BCUT2D eigenvalue weighted by atomic mass is 10.1. The molecule has 2 aromatic rings. The van der Waals surface area contributed by atoms with Crippen LogP contribution in [-0.4, -0.2) is 56.5 Å². The Morgan fingerprint density at radius 1 is 1.23 bits per heavy atom. The lowest BCUT2D eigenvalue weighted by Crippen LogP contribution is -2.40. The van der Waals surface area contributed by atoms with Crippen LogP contribution in [-0.2, 0) is 11.2 Å². The Labute approximate surface area is 147 Å². The van der Waals surface area contributed by atoms with Crippen molar-refractivity contribution in [3.8, 4) is 0 Å². The Morgan fingerprint density at radius 3 is 2.65 bits per heavy atom. The summed E-state index contributed by atoms with van der Waals surface area (Å²) in [5.74, 6) is -1.68. The number of carboxylic acid groups (broad SMARTS) is 1. The highest BCUT2D eigenvalue weighted by atomic mass is 16.4. The summed E-state index contributed by atoms with van der Waals surface area (Å²) in [7, 11) is 0. The maximum Gasteiger partial charge on any atom is 0.416 e. The smallest absolute Gasteiger partial charge is 0.416 e. The predicted octanol–water partition coefficient (Wildman–Crippen LogP) is -0.0537. The number of rotatable bonds is 5. The van der Waals surface area contributed by atoms with Gasteiger partial charge in [0, 0.05) is 24.8 Å². The fourth-order valence-electron chi connectivity index (χ4n) is 2.63. The van der Waals surface area contributed by atoms with Gasteiger partial charge in [0.15, 0.2) is 0 Å². The highest BCUT2D eigenvalue weighted by Crippen LogP contribution is 2.27. The van der Waals surface area contributed by atoms with Gasteiger partial charge in [-0.05, 0) is 12.1 Å². The summed E-state index contributed by atoms with van der Waals surface area (Å²) in [4.78, 5) is 52.1. The third-order valence-electron chi connectivity index (χ3n) is 3.89. The summed E-state index contributed by atoms with van der Waals surface area (Å²) >= 11 is 0. The van der Waals surface area contributed by atoms with E-state index in [1.54, 1.807) is 6.07 Å². The van der Waals surface area contributed by atoms with E-state index in [-0.39, 0.29) is 23.4 Å². The number of fused-ring (bicyclic) bond motifs is 1. The molecule has 0 radical (unpaired) electrons. The van der Waals surface area contributed by atoms with Crippen LogP contribution >= 0.6 is 0 Å². The van der Waals surface area contributed by atoms with E-state index in [1.807, 2.05) is 0 Å². The van der Waals surface area contributed by atoms with Crippen molar-refractivity contribution in [3.63, 3.8) is 0 Å². The van der Waals surface area contributed by atoms with Gasteiger partial charge in [-0.1, -0.05) is 6.07 Å². The average molecular weight is 357 g/mol. The molecule has 10 nitrogen and oxygen atoms in total. The van der Waals surface area contributed by atoms with Gasteiger partial charge in [-0.25, -0.2) is 14.3 Å². The number of benzene rings is 1. The molecular formula is C16H15N5O5. The number of nitrogens with two attached hydrogens (primary N) is 1. The number of imide groups is 1. The van der Waals surface area contributed by atoms with Crippen LogP contribution in [0.3, 0.4) is 0 Å². The first-order valence-corrected chi connectivity index (χ1v) is 7.66. The van der Waals surface area contributed by atoms with E-state index in [4.69, 9.17) is 10.8 Å². The summed E-state index contributed by atoms with van der Waals surface area (Å²) in [5.41, 5.74) is 6.71. The molecule has 0 spiro atoms. The van der Waals surface area contributed by atoms with E-state index in [1.165, 1.54) is 18.3 Å². The maximum atomic E-state index is 12.3. The van der Waals surface area contributed by atoms with Gasteiger partial charge < -0.3 is 16.2 Å². The number of aromatic nitrogens is 2. The highest BCUT2D eigenvalue weighted by molar-refractivity contribution is 6.24. The van der Waals surface area contributed by atoms with Gasteiger partial charge in [0.1, 0.15) is 12.9 Å². The van der Waals surface area contributed by atoms with Crippen LogP contribution in [0.15, 0.2) is 30.7 Å². The molecule has 2 heterocycles. The number of hydrogen-bond donors (Lipinski definition) is 3. The SMILES string of the molecule is Nc1cccc2c1C(=O)N(CC(=O)NCCc1cn(C(=O)O)cn1)C2=O. The fraction of sp³-hybridized carbons (Fsp3) is 0.188. The van der Waals surface area contributed by atoms with Gasteiger partial charge in [-0.3, -0.25) is 19.3 Å². The standard InChI is InChI=1S/C16H15N5O5/c17-11-3-1-2-10-13(11)15(24)21(14(10)23)7-12(22)18-5-4-9-6-20(8-19-9)16(25)26/h1-3,6,8H,4-5,7,17H2,(H,18,22)(H,25,26). The molecule has 0 saturated carbocycles. The summed E-state index contributed by atoms with van der Waals surface area (Å²) < 4.78 is 0.903. The van der Waals surface area contributed by atoms with Crippen LogP contribution in [0.5, 0.6) is 0 Å². The zero-order valence-corrected chi connectivity index (χ0v) is 13.5. The molecule has 0 aliphatic carbocycles. The summed E-state index contributed by atoms with van der Waals surface area (Å²) in [6, 6.07) is 4.58. The minimum absolute atomic E-state index is 0.115. The van der Waals surface area contributed by atoms with E-state index in [0.717, 1.165) is 15.8 Å². The van der Waals surface area contributed by atoms with Gasteiger partial charge in [-0.2, -0.15) is 0 Å². The second-order valence-corrected chi connectivity index (χ2v) is 5.62. The van der Waals surface area contributed by atoms with Gasteiger partial charge >= 0.3 is 6.09 Å². The summed E-state index contributed by atoms with van der Waals surface area (Å²) in [5, 5.41) is 11.4. The van der Waals surface area contributed by atoms with Crippen molar-refractivity contribution in [2.24, 2.45) is 0 Å². The van der Waals surface area contributed by atoms with Crippen LogP contribution in [0, 0.1) is 0 Å². The molecule has 0 saturated heterocycles. The van der Waals surface area contributed by atoms with Crippen LogP contribution in [0.25, 0.3) is 0 Å². The Bertz CT molecular complexity index is 920. The number of anilines is 1. The van der Waals surface area contributed by atoms with Crippen molar-refractivity contribution in [1.29, 1.82) is 0 Å². The summed E-state index contributed by atoms with van der Waals surface area (Å²) in [6.45, 7) is -0.240. The normalized spacial score (nSPS) is 13.0. The molecule has 1 aliphatic rings. The van der Waals surface area contributed by atoms with Crippen molar-refractivity contribution in [3.05, 3.63) is 47.5 Å². The van der Waals surface area contributed by atoms with Crippen molar-refractivity contribution in [1.82, 2.24) is 19.8 Å². The van der Waals surface area contributed by atoms with Crippen LogP contribution in [0.4, 0.5) is 10.5 Å². The molecule has 0 unspecified atom stereocenters. The lowest BCUT2D eigenvalue weighted by molar-refractivity contribution is -0.121. The molecular weight excluding hydrogens is 342 g/mol. The molecule has 0 bridgehead atoms. The molecule has 10 heteroatoms. The topological polar surface area (TPSA) is 148 Å². The zero-order chi connectivity index (χ0) is 18.8. The molecule has 1 aliphatic heterocycles. The number of carbonyl (C=O) groups is 4. The van der Waals surface area contributed by atoms with Crippen LogP contribution < -0.4 is 11.1 Å². The van der Waals surface area contributed by atoms with Crippen LogP contribution in [0.1, 0.15) is 26.4 Å². The molecule has 0 fully saturated rings. The van der Waals surface area contributed by atoms with Crippen LogP contribution in [0.2, 0.25) is 0 Å². The molecule has 134 valence electrons. The minimum Gasteiger partial charge on any atom is -0.464 e. The first-order chi connectivity index (χ1) is 12.4. The van der Waals surface area contributed by atoms with E-state index >= 15 is 0 Å². The van der Waals surface area contributed by atoms with Gasteiger partial charge in [0.2, 0.25) is 5.91 Å². The lowest BCUT2D eigenvalue weighted by Gasteiger charge is -2.13. The fourth-order valence-corrected chi connectivity index (χ4v) is 2.63. The average Bonchev–Trinajstić information content (AvgIpc) is 3.15. The molecule has 3 amide bonds. The molecule has 3 rings (SSSR count). The van der Waals surface area contributed by atoms with Crippen molar-refractivity contribution >= 4 is 29.5 Å². The third-order valence-corrected chi connectivity index (χ3v) is 3.89. The van der Waals surface area contributed by atoms with Crippen molar-refractivity contribution in [2.75, 3.05) is 18.8 Å². The number of nitrogens with zero attached hydrogens (tertiary/aromatic N) is 3. The molecule has 26 heavy (non-hydrogen) atoms. The summed E-state index contributed by atoms with van der Waals surface area (Å²) in [6.07, 6.45) is 1.64. The third kappa shape index (κ3) is 3.11. The van der Waals surface area contributed by atoms with E-state index in [2.05, 4.69) is 10.3 Å². The van der Waals surface area contributed by atoms with Gasteiger partial charge in [-0.15, -0.1) is 0 Å². The van der Waals surface area contributed by atoms with E-state index in [9.17, 15) is 19.2 Å². The Hall–Kier alpha value is -3.69. The monoisotopic (exact) mass is 357 g/mol. The second kappa shape index (κ2) is 6.67. The quantitative estimate of drug-likeness (QED) is 0.502. The van der Waals surface area contributed by atoms with Crippen molar-refractivity contribution in [2.45, 2.75) is 6.42 Å². The number of nitrogen functional groups attached to an aromatic ring is 1. The number of nitrogens with one attached hydrogen (secondary N) is 1. The largest absolute Gasteiger partial charge is 0.464 e. The highest BCUT2D eigenvalue weighted by Gasteiger charge is 2.37. The number of amides is 3. The number of hydrogen-bond acceptors (Lipinski definition) is 6. The Balaban J connectivity index is 1.55. The van der Waals surface area contributed by atoms with E-state index < -0.39 is 30.4 Å². The maximum absolute atomic E-state index is 12.3. The number of carbonyl (C=O) groups excluding carboxylic acids is 3. The Morgan fingerprint density at radius 2 is 2.00 bits per heavy atom. The van der Waals surface area contributed by atoms with Gasteiger partial charge in [0.05, 0.1) is 16.8 Å². The van der Waals surface area contributed by atoms with Gasteiger partial charge in [0.25, 0.3) is 11.8 Å². The molecule has 1 aromatic heterocycles. The first kappa shape index (κ1) is 17.1. The zero-order valence-electron chi connectivity index (χ0n) is 13.5. The molecule has 4 N–H and O–H groups in total.